The normalized spacial score (nSPS) is 18.5. The highest BCUT2D eigenvalue weighted by Gasteiger charge is 2.52. The molecule has 6 nitrogen and oxygen atoms in total. The van der Waals surface area contributed by atoms with Gasteiger partial charge in [0.1, 0.15) is 16.9 Å². The molecule has 1 N–H and O–H groups in total. The predicted molar refractivity (Wildman–Crippen MR) is 110 cm³/mol. The van der Waals surface area contributed by atoms with Crippen molar-refractivity contribution in [3.63, 3.8) is 0 Å². The Labute approximate surface area is 179 Å². The molecule has 0 saturated carbocycles. The molecule has 1 saturated heterocycles. The zero-order valence-electron chi connectivity index (χ0n) is 18.7. The first-order valence-corrected chi connectivity index (χ1v) is 9.95. The minimum Gasteiger partial charge on any atom is -0.459 e. The number of rotatable bonds is 3. The van der Waals surface area contributed by atoms with E-state index in [1.807, 2.05) is 27.7 Å². The molecule has 3 rings (SSSR count). The number of nitrogens with one attached hydrogen (secondary N) is 1. The highest BCUT2D eigenvalue weighted by atomic mass is 19.4. The van der Waals surface area contributed by atoms with Gasteiger partial charge in [0, 0.05) is 5.39 Å². The van der Waals surface area contributed by atoms with Gasteiger partial charge in [-0.1, -0.05) is 6.07 Å². The summed E-state index contributed by atoms with van der Waals surface area (Å²) in [5, 5.41) is 2.72. The van der Waals surface area contributed by atoms with E-state index in [4.69, 9.17) is 18.5 Å². The zero-order chi connectivity index (χ0) is 23.4. The van der Waals surface area contributed by atoms with Crippen molar-refractivity contribution in [3.8, 4) is 0 Å². The number of carbonyl (C=O) groups is 1. The lowest BCUT2D eigenvalue weighted by atomic mass is 9.77. The second-order valence-electron chi connectivity index (χ2n) is 9.64. The van der Waals surface area contributed by atoms with Gasteiger partial charge in [-0.2, -0.15) is 13.2 Å². The minimum atomic E-state index is -4.65. The van der Waals surface area contributed by atoms with Crippen LogP contribution < -0.4 is 10.8 Å². The molecule has 1 fully saturated rings. The summed E-state index contributed by atoms with van der Waals surface area (Å²) in [7, 11) is -0.950. The fourth-order valence-corrected chi connectivity index (χ4v) is 3.12. The number of alkyl carbamates (subject to hydrolysis) is 1. The Morgan fingerprint density at radius 2 is 1.65 bits per heavy atom. The quantitative estimate of drug-likeness (QED) is 0.695. The van der Waals surface area contributed by atoms with Crippen LogP contribution in [0.5, 0.6) is 0 Å². The zero-order valence-corrected chi connectivity index (χ0v) is 18.7. The number of carbonyl (C=O) groups excluding carboxylic acids is 1. The average Bonchev–Trinajstić information content (AvgIpc) is 3.07. The fraction of sp³-hybridized carbons (Fsp3) is 0.571. The van der Waals surface area contributed by atoms with Crippen LogP contribution in [0, 0.1) is 0 Å². The van der Waals surface area contributed by atoms with Gasteiger partial charge in [0.25, 0.3) is 0 Å². The van der Waals surface area contributed by atoms with Crippen molar-refractivity contribution in [1.82, 2.24) is 5.32 Å². The minimum absolute atomic E-state index is 0.118. The van der Waals surface area contributed by atoms with Crippen LogP contribution in [-0.4, -0.2) is 30.0 Å². The van der Waals surface area contributed by atoms with Crippen molar-refractivity contribution in [2.45, 2.75) is 78.0 Å². The van der Waals surface area contributed by atoms with Crippen LogP contribution in [0.2, 0.25) is 0 Å². The van der Waals surface area contributed by atoms with E-state index >= 15 is 0 Å². The Morgan fingerprint density at radius 3 is 2.16 bits per heavy atom. The number of fused-ring (bicyclic) bond motifs is 1. The standard InChI is InChI=1S/C21H27BF3NO5/c1-18(2,3)29-17(27)26-11-14-9-12-8-13(10-15(16(12)28-14)21(23,24)25)22-30-19(4,5)20(6,7)31-22/h8-10H,11H2,1-7H3,(H,26,27). The molecule has 2 aromatic rings. The summed E-state index contributed by atoms with van der Waals surface area (Å²) < 4.78 is 63.7. The predicted octanol–water partition coefficient (Wildman–Crippen LogP) is 4.78. The van der Waals surface area contributed by atoms with Crippen molar-refractivity contribution in [2.75, 3.05) is 0 Å². The monoisotopic (exact) mass is 441 g/mol. The third kappa shape index (κ3) is 5.01. The Kier molecular flexibility index (Phi) is 5.64. The van der Waals surface area contributed by atoms with E-state index in [-0.39, 0.29) is 28.7 Å². The molecule has 0 atom stereocenters. The molecule has 1 amide bonds. The van der Waals surface area contributed by atoms with Crippen molar-refractivity contribution in [1.29, 1.82) is 0 Å². The van der Waals surface area contributed by atoms with Gasteiger partial charge in [-0.3, -0.25) is 0 Å². The number of furan rings is 1. The Bertz CT molecular complexity index is 975. The first-order valence-electron chi connectivity index (χ1n) is 9.95. The number of hydrogen-bond acceptors (Lipinski definition) is 5. The molecule has 0 radical (unpaired) electrons. The van der Waals surface area contributed by atoms with E-state index in [0.29, 0.717) is 0 Å². The maximum atomic E-state index is 13.8. The lowest BCUT2D eigenvalue weighted by Gasteiger charge is -2.32. The molecular formula is C21H27BF3NO5. The van der Waals surface area contributed by atoms with Crippen molar-refractivity contribution >= 4 is 29.6 Å². The fourth-order valence-electron chi connectivity index (χ4n) is 3.12. The lowest BCUT2D eigenvalue weighted by molar-refractivity contribution is -0.136. The molecule has 1 aliphatic heterocycles. The second kappa shape index (κ2) is 7.44. The summed E-state index contributed by atoms with van der Waals surface area (Å²) in [5.74, 6) is 0.164. The maximum absolute atomic E-state index is 13.8. The number of ether oxygens (including phenoxy) is 1. The van der Waals surface area contributed by atoms with E-state index in [9.17, 15) is 18.0 Å². The third-order valence-electron chi connectivity index (χ3n) is 5.33. The van der Waals surface area contributed by atoms with E-state index < -0.39 is 41.8 Å². The van der Waals surface area contributed by atoms with E-state index in [1.165, 1.54) is 6.07 Å². The molecule has 2 heterocycles. The number of halogens is 3. The summed E-state index contributed by atoms with van der Waals surface area (Å²) in [6, 6.07) is 3.99. The second-order valence-corrected chi connectivity index (χ2v) is 9.64. The first kappa shape index (κ1) is 23.5. The summed E-state index contributed by atoms with van der Waals surface area (Å²) in [6.07, 6.45) is -5.34. The molecule has 170 valence electrons. The molecule has 1 aromatic heterocycles. The maximum Gasteiger partial charge on any atom is 0.494 e. The molecule has 1 aliphatic rings. The average molecular weight is 441 g/mol. The van der Waals surface area contributed by atoms with E-state index in [0.717, 1.165) is 6.07 Å². The van der Waals surface area contributed by atoms with Crippen LogP contribution in [0.25, 0.3) is 11.0 Å². The molecular weight excluding hydrogens is 414 g/mol. The van der Waals surface area contributed by atoms with Crippen molar-refractivity contribution in [3.05, 3.63) is 29.5 Å². The first-order chi connectivity index (χ1) is 14.0. The van der Waals surface area contributed by atoms with Gasteiger partial charge in [0.2, 0.25) is 0 Å². The molecule has 31 heavy (non-hydrogen) atoms. The van der Waals surface area contributed by atoms with Crippen LogP contribution >= 0.6 is 0 Å². The van der Waals surface area contributed by atoms with Crippen LogP contribution in [0.3, 0.4) is 0 Å². The Balaban J connectivity index is 1.93. The van der Waals surface area contributed by atoms with Gasteiger partial charge in [-0.25, -0.2) is 4.79 Å². The van der Waals surface area contributed by atoms with Crippen LogP contribution in [0.4, 0.5) is 18.0 Å². The molecule has 1 aromatic carbocycles. The van der Waals surface area contributed by atoms with Gasteiger partial charge >= 0.3 is 19.4 Å². The van der Waals surface area contributed by atoms with Gasteiger partial charge < -0.3 is 23.8 Å². The van der Waals surface area contributed by atoms with Crippen molar-refractivity contribution < 1.29 is 36.4 Å². The Morgan fingerprint density at radius 1 is 1.06 bits per heavy atom. The molecule has 10 heteroatoms. The number of alkyl halides is 3. The Hall–Kier alpha value is -2.20. The lowest BCUT2D eigenvalue weighted by Crippen LogP contribution is -2.41. The molecule has 0 unspecified atom stereocenters. The van der Waals surface area contributed by atoms with Gasteiger partial charge in [0.05, 0.1) is 23.3 Å². The third-order valence-corrected chi connectivity index (χ3v) is 5.33. The molecule has 0 bridgehead atoms. The molecule has 0 aliphatic carbocycles. The summed E-state index contributed by atoms with van der Waals surface area (Å²) in [5.41, 5.74) is -3.08. The highest BCUT2D eigenvalue weighted by molar-refractivity contribution is 6.62. The van der Waals surface area contributed by atoms with E-state index in [1.54, 1.807) is 26.8 Å². The van der Waals surface area contributed by atoms with Gasteiger partial charge in [0.15, 0.2) is 0 Å². The molecule has 0 spiro atoms. The highest BCUT2D eigenvalue weighted by Crippen LogP contribution is 2.39. The van der Waals surface area contributed by atoms with Crippen LogP contribution in [-0.2, 0) is 26.8 Å². The largest absolute Gasteiger partial charge is 0.494 e. The van der Waals surface area contributed by atoms with Crippen LogP contribution in [0.1, 0.15) is 59.8 Å². The number of amides is 1. The van der Waals surface area contributed by atoms with Gasteiger partial charge in [-0.05, 0) is 66.1 Å². The summed E-state index contributed by atoms with van der Waals surface area (Å²) in [4.78, 5) is 11.8. The van der Waals surface area contributed by atoms with Crippen LogP contribution in [0.15, 0.2) is 22.6 Å². The van der Waals surface area contributed by atoms with Gasteiger partial charge in [-0.15, -0.1) is 0 Å². The summed E-state index contributed by atoms with van der Waals surface area (Å²) in [6.45, 7) is 12.3. The summed E-state index contributed by atoms with van der Waals surface area (Å²) >= 11 is 0. The smallest absolute Gasteiger partial charge is 0.459 e. The number of benzene rings is 1. The SMILES string of the molecule is CC(C)(C)OC(=O)NCc1cc2cc(B3OC(C)(C)C(C)(C)O3)cc(C(F)(F)F)c2o1. The topological polar surface area (TPSA) is 69.9 Å². The van der Waals surface area contributed by atoms with E-state index in [2.05, 4.69) is 5.32 Å². The van der Waals surface area contributed by atoms with Crippen molar-refractivity contribution in [2.24, 2.45) is 0 Å². The number of hydrogen-bond donors (Lipinski definition) is 1.